The number of urea groups is 1. The number of rotatable bonds is 62. The third-order valence-electron chi connectivity index (χ3n) is 21.2. The lowest BCUT2D eigenvalue weighted by atomic mass is 9.94. The monoisotopic (exact) mass is 2060 g/mol. The van der Waals surface area contributed by atoms with Crippen molar-refractivity contribution in [3.8, 4) is 0 Å². The summed E-state index contributed by atoms with van der Waals surface area (Å²) < 4.78 is 305. The minimum atomic E-state index is -5.99. The van der Waals surface area contributed by atoms with Gasteiger partial charge in [0.2, 0.25) is 11.8 Å². The second-order valence-electron chi connectivity index (χ2n) is 28.8. The first-order valence-electron chi connectivity index (χ1n) is 39.2. The Hall–Kier alpha value is -1.99. The Balaban J connectivity index is 1.13. The highest BCUT2D eigenvalue weighted by Crippen LogP contribution is 2.44. The van der Waals surface area contributed by atoms with Crippen molar-refractivity contribution < 1.29 is 250 Å². The maximum Gasteiger partial charge on any atom is 0.397 e. The molecule has 0 radical (unpaired) electrons. The van der Waals surface area contributed by atoms with Crippen molar-refractivity contribution in [3.63, 3.8) is 0 Å². The number of ether oxygens (including phenoxy) is 23. The third-order valence-corrected chi connectivity index (χ3v) is 25.7. The van der Waals surface area contributed by atoms with Gasteiger partial charge in [-0.2, -0.15) is 37.0 Å². The first-order valence-corrected chi connectivity index (χ1v) is 47.0. The summed E-state index contributed by atoms with van der Waals surface area (Å²) in [5.41, 5.74) is 0. The fourth-order valence-corrected chi connectivity index (χ4v) is 19.9. The summed E-state index contributed by atoms with van der Waals surface area (Å²) in [5, 5.41) is 62.8. The summed E-state index contributed by atoms with van der Waals surface area (Å²) in [6.45, 7) is -3.82. The first kappa shape index (κ1) is 113. The van der Waals surface area contributed by atoms with E-state index in [4.69, 9.17) is 150 Å². The third kappa shape index (κ3) is 33.1. The lowest BCUT2D eigenvalue weighted by Gasteiger charge is -2.52. The standard InChI is InChI=1S/C64H112N4O54S8/c1-85-23-31-41(47(89-5)52(92-8)58(96-12)100-31)107-60-55(95-11)49(91-7)43(33(102-60)25-87-3)108-61-54(94-10)48(90-6)42(32(101-61)24-86-2)106-59-53(93-9)46(88-4)40(30(99-59)22-66-38(70)19-14-13-17-21-65-37(69)20-16-15-18-36-39-29(28-123-36)67-64(71)68-39)105-63-57(114-130(82,83)84)50(111-125-120-116-73)44(34(103-63)26-97-128(76,77)78)109-62-56(113-127-122-118-75)51(112-126-121-117-74)45(110-124-119-115-72)35(104-62)27-98-129(79,80)81/h29-36,39-63,72-75H,13-28H2,1-12H3,(H,65,69)(H,66,70)(H2,67,68,71)(H,76,77,78)(H,79,80,81)(H,82,83,84)/t29?,30?,31-,32?,33-,34-,35-,36?,39?,40+,41-,42+,43-,44-,45-,46+,47?,48+,49?,50?,51?,52?,53?,54?,55?,56?,57?,58+,59+,60-,61+,62-,63-/m1/s1. The van der Waals surface area contributed by atoms with E-state index in [0.29, 0.717) is 19.3 Å². The van der Waals surface area contributed by atoms with E-state index in [0.717, 1.165) is 32.8 Å². The molecule has 0 saturated carbocycles. The van der Waals surface area contributed by atoms with E-state index < -0.39 is 253 Å². The van der Waals surface area contributed by atoms with Crippen LogP contribution in [0.25, 0.3) is 0 Å². The maximum absolute atomic E-state index is 14.2. The van der Waals surface area contributed by atoms with E-state index >= 15 is 0 Å². The minimum absolute atomic E-state index is 0.00248. The molecule has 0 bridgehead atoms. The zero-order valence-electron chi connectivity index (χ0n) is 71.5. The van der Waals surface area contributed by atoms with Crippen LogP contribution in [0.2, 0.25) is 0 Å². The number of fused-ring (bicyclic) bond motifs is 1. The van der Waals surface area contributed by atoms with Gasteiger partial charge in [0.25, 0.3) is 0 Å². The lowest BCUT2D eigenvalue weighted by molar-refractivity contribution is -0.437. The predicted octanol–water partition coefficient (Wildman–Crippen LogP) is -1.21. The number of thioether (sulfide) groups is 1. The van der Waals surface area contributed by atoms with Gasteiger partial charge in [-0.1, -0.05) is 33.0 Å². The van der Waals surface area contributed by atoms with E-state index in [1.165, 1.54) is 71.1 Å². The number of amides is 4. The van der Waals surface area contributed by atoms with Crippen LogP contribution in [0.15, 0.2) is 0 Å². The van der Waals surface area contributed by atoms with E-state index in [9.17, 15) is 58.6 Å². The van der Waals surface area contributed by atoms with Crippen molar-refractivity contribution in [2.45, 2.75) is 253 Å². The van der Waals surface area contributed by atoms with Gasteiger partial charge in [-0.3, -0.25) is 40.0 Å². The average molecular weight is 2060 g/mol. The van der Waals surface area contributed by atoms with Gasteiger partial charge in [-0.25, -0.2) is 38.4 Å². The van der Waals surface area contributed by atoms with Gasteiger partial charge in [-0.15, -0.1) is 17.3 Å². The largest absolute Gasteiger partial charge is 0.397 e. The van der Waals surface area contributed by atoms with E-state index in [1.54, 1.807) is 11.8 Å². The molecule has 0 aliphatic carbocycles. The first-order chi connectivity index (χ1) is 62.4. The molecular formula is C64H112N4O54S8. The fourth-order valence-electron chi connectivity index (χ4n) is 15.8. The Labute approximate surface area is 767 Å². The Bertz CT molecular complexity index is 3610. The molecule has 33 atom stereocenters. The van der Waals surface area contributed by atoms with Crippen molar-refractivity contribution in [2.24, 2.45) is 0 Å². The number of methoxy groups -OCH3 is 12. The van der Waals surface area contributed by atoms with Crippen LogP contribution >= 0.6 is 61.1 Å². The second kappa shape index (κ2) is 57.7. The van der Waals surface area contributed by atoms with Gasteiger partial charge in [0.1, 0.15) is 134 Å². The van der Waals surface area contributed by atoms with Crippen LogP contribution in [0.5, 0.6) is 0 Å². The summed E-state index contributed by atoms with van der Waals surface area (Å²) in [7, 11) is -0.915. The summed E-state index contributed by atoms with van der Waals surface area (Å²) in [6, 6.07) is -0.103. The van der Waals surface area contributed by atoms with E-state index in [2.05, 4.69) is 62.9 Å². The number of carbonyl (C=O) groups excluding carboxylic acids is 3. The molecule has 4 amide bonds. The number of hydrogen-bond donors (Lipinski definition) is 11. The molecule has 0 aromatic heterocycles. The Morgan fingerprint density at radius 3 is 1.14 bits per heavy atom. The molecule has 8 aliphatic heterocycles. The molecular weight excluding hydrogens is 1950 g/mol. The number of unbranched alkanes of at least 4 members (excludes halogenated alkanes) is 3. The van der Waals surface area contributed by atoms with Gasteiger partial charge in [0.15, 0.2) is 99.2 Å². The summed E-state index contributed by atoms with van der Waals surface area (Å²) >= 11 is 0.504. The molecule has 66 heteroatoms. The van der Waals surface area contributed by atoms with Crippen LogP contribution in [0.3, 0.4) is 0 Å². The fraction of sp³-hybridized carbons (Fsp3) is 0.953. The molecule has 8 rings (SSSR count). The predicted molar refractivity (Wildman–Crippen MR) is 424 cm³/mol. The Morgan fingerprint density at radius 1 is 0.385 bits per heavy atom. The summed E-state index contributed by atoms with van der Waals surface area (Å²) in [6.07, 6.45) is -46.0. The van der Waals surface area contributed by atoms with E-state index in [1.807, 2.05) is 0 Å². The van der Waals surface area contributed by atoms with Crippen LogP contribution in [0.1, 0.15) is 51.4 Å². The zero-order valence-corrected chi connectivity index (χ0v) is 78.0. The number of nitrogens with one attached hydrogen (secondary N) is 4. The average Bonchev–Trinajstić information content (AvgIpc) is 1.02. The lowest BCUT2D eigenvalue weighted by Crippen LogP contribution is -2.69. The van der Waals surface area contributed by atoms with Crippen molar-refractivity contribution >= 4 is 110 Å². The number of carbonyl (C=O) groups is 3. The zero-order chi connectivity index (χ0) is 94.8. The van der Waals surface area contributed by atoms with Crippen LogP contribution in [0, 0.1) is 0 Å². The van der Waals surface area contributed by atoms with Crippen molar-refractivity contribution in [2.75, 3.05) is 137 Å². The van der Waals surface area contributed by atoms with Crippen LogP contribution in [-0.4, -0.2) is 417 Å². The highest BCUT2D eigenvalue weighted by molar-refractivity contribution is 8.00. The minimum Gasteiger partial charge on any atom is -0.382 e. The van der Waals surface area contributed by atoms with Gasteiger partial charge >= 0.3 is 37.2 Å². The van der Waals surface area contributed by atoms with Crippen molar-refractivity contribution in [1.29, 1.82) is 0 Å². The van der Waals surface area contributed by atoms with Gasteiger partial charge < -0.3 is 130 Å². The maximum atomic E-state index is 14.2. The van der Waals surface area contributed by atoms with Gasteiger partial charge in [0.05, 0.1) is 45.1 Å². The molecule has 58 nitrogen and oxygen atoms in total. The molecule has 130 heavy (non-hydrogen) atoms. The smallest absolute Gasteiger partial charge is 0.382 e. The molecule has 760 valence electrons. The van der Waals surface area contributed by atoms with Gasteiger partial charge in [0, 0.05) is 122 Å². The van der Waals surface area contributed by atoms with Gasteiger partial charge in [-0.05, 0) is 25.7 Å². The summed E-state index contributed by atoms with van der Waals surface area (Å²) in [5.74, 6) is -0.0209. The molecule has 0 spiro atoms. The Morgan fingerprint density at radius 2 is 0.731 bits per heavy atom. The molecule has 0 aromatic rings. The van der Waals surface area contributed by atoms with Crippen LogP contribution in [0.4, 0.5) is 4.79 Å². The Kier molecular flexibility index (Phi) is 50.3. The highest BCUT2D eigenvalue weighted by atomic mass is 32.3. The van der Waals surface area contributed by atoms with Crippen LogP contribution < -0.4 is 21.3 Å². The molecule has 8 heterocycles. The number of hydrogen-bond acceptors (Lipinski definition) is 56. The topological polar surface area (TPSA) is 694 Å². The molecule has 11 N–H and O–H groups in total. The SMILES string of the molecule is COCC1O[C@@H](O[C@H]2C(OC)C(OC)[C@@H](O[C@H]3C(OC)C(OC)[C@@H](OC)O[C@@H]3COC)O[C@@H]2COC)C(OC)[C@@H](OC)[C@H]1O[C@@H]1OC(CNC(=O)CCCCCNC(=O)CCCCC2SCC3NC(=O)NC32)[C@H](O[C@H]2O[C@H](COS(=O)(=O)O)[C@@H](O[C@H]3O[C@H](COS(=O)(=O)O)[C@@H](OSOOO)C(OSOOO)C3OSOOO)C(OSOOO)C2OS(=O)(=O)O)[C@H](OC)C1OC. The summed E-state index contributed by atoms with van der Waals surface area (Å²) in [4.78, 5) is 39.1. The molecule has 8 saturated heterocycles. The molecule has 8 fully saturated rings. The molecule has 8 aliphatic rings. The second-order valence-corrected chi connectivity index (χ2v) is 35.2. The quantitative estimate of drug-likeness (QED) is 0.00850. The van der Waals surface area contributed by atoms with Crippen molar-refractivity contribution in [3.05, 3.63) is 0 Å². The normalized spacial score (nSPS) is 36.2. The van der Waals surface area contributed by atoms with E-state index in [-0.39, 0.29) is 112 Å². The van der Waals surface area contributed by atoms with Crippen molar-refractivity contribution in [1.82, 2.24) is 21.3 Å². The molecule has 15 unspecified atom stereocenters. The molecule has 0 aromatic carbocycles. The highest BCUT2D eigenvalue weighted by Gasteiger charge is 2.62. The van der Waals surface area contributed by atoms with Crippen LogP contribution in [-0.2, 0) is 217 Å².